The van der Waals surface area contributed by atoms with Crippen LogP contribution in [0.15, 0.2) is 23.1 Å². The SMILES string of the molecule is CCC1CN(S(=O)(=O)c2ccc(N)c(Cl)c2)CCO1. The van der Waals surface area contributed by atoms with Crippen LogP contribution < -0.4 is 5.73 Å². The Morgan fingerprint density at radius 3 is 2.89 bits per heavy atom. The number of ether oxygens (including phenoxy) is 1. The van der Waals surface area contributed by atoms with E-state index in [1.807, 2.05) is 6.92 Å². The van der Waals surface area contributed by atoms with Gasteiger partial charge in [-0.2, -0.15) is 4.31 Å². The van der Waals surface area contributed by atoms with Gasteiger partial charge in [-0.15, -0.1) is 0 Å². The Morgan fingerprint density at radius 2 is 2.26 bits per heavy atom. The van der Waals surface area contributed by atoms with Crippen molar-refractivity contribution in [2.45, 2.75) is 24.3 Å². The molecule has 2 rings (SSSR count). The van der Waals surface area contributed by atoms with Crippen LogP contribution in [0, 0.1) is 0 Å². The van der Waals surface area contributed by atoms with Gasteiger partial charge in [0.15, 0.2) is 0 Å². The maximum Gasteiger partial charge on any atom is 0.243 e. The summed E-state index contributed by atoms with van der Waals surface area (Å²) in [4.78, 5) is 0.170. The molecule has 1 aliphatic heterocycles. The van der Waals surface area contributed by atoms with Gasteiger partial charge < -0.3 is 10.5 Å². The van der Waals surface area contributed by atoms with Crippen LogP contribution in [-0.2, 0) is 14.8 Å². The van der Waals surface area contributed by atoms with E-state index in [1.165, 1.54) is 22.5 Å². The third-order valence-corrected chi connectivity index (χ3v) is 5.36. The highest BCUT2D eigenvalue weighted by Gasteiger charge is 2.30. The number of hydrogen-bond donors (Lipinski definition) is 1. The van der Waals surface area contributed by atoms with Gasteiger partial charge in [0, 0.05) is 13.1 Å². The van der Waals surface area contributed by atoms with Crippen molar-refractivity contribution in [3.05, 3.63) is 23.2 Å². The minimum atomic E-state index is -3.53. The van der Waals surface area contributed by atoms with Gasteiger partial charge in [-0.25, -0.2) is 8.42 Å². The van der Waals surface area contributed by atoms with Gasteiger partial charge in [-0.3, -0.25) is 0 Å². The molecule has 0 bridgehead atoms. The summed E-state index contributed by atoms with van der Waals surface area (Å²) in [5.74, 6) is 0. The summed E-state index contributed by atoms with van der Waals surface area (Å²) >= 11 is 5.88. The lowest BCUT2D eigenvalue weighted by Crippen LogP contribution is -2.45. The molecule has 1 saturated heterocycles. The lowest BCUT2D eigenvalue weighted by Gasteiger charge is -2.31. The van der Waals surface area contributed by atoms with Crippen LogP contribution >= 0.6 is 11.6 Å². The molecule has 7 heteroatoms. The van der Waals surface area contributed by atoms with Crippen LogP contribution in [-0.4, -0.2) is 38.5 Å². The molecule has 1 heterocycles. The quantitative estimate of drug-likeness (QED) is 0.863. The van der Waals surface area contributed by atoms with Crippen molar-refractivity contribution in [1.29, 1.82) is 0 Å². The fourth-order valence-corrected chi connectivity index (χ4v) is 3.70. The van der Waals surface area contributed by atoms with Gasteiger partial charge in [0.2, 0.25) is 10.0 Å². The topological polar surface area (TPSA) is 72.6 Å². The van der Waals surface area contributed by atoms with E-state index >= 15 is 0 Å². The lowest BCUT2D eigenvalue weighted by atomic mass is 10.2. The highest BCUT2D eigenvalue weighted by atomic mass is 35.5. The Morgan fingerprint density at radius 1 is 1.53 bits per heavy atom. The van der Waals surface area contributed by atoms with Crippen molar-refractivity contribution in [3.8, 4) is 0 Å². The number of anilines is 1. The minimum Gasteiger partial charge on any atom is -0.398 e. The van der Waals surface area contributed by atoms with Crippen molar-refractivity contribution < 1.29 is 13.2 Å². The van der Waals surface area contributed by atoms with E-state index in [0.29, 0.717) is 25.4 Å². The number of halogens is 1. The number of morpholine rings is 1. The van der Waals surface area contributed by atoms with Crippen LogP contribution in [0.3, 0.4) is 0 Å². The largest absolute Gasteiger partial charge is 0.398 e. The fraction of sp³-hybridized carbons (Fsp3) is 0.500. The maximum atomic E-state index is 12.5. The van der Waals surface area contributed by atoms with Crippen molar-refractivity contribution >= 4 is 27.3 Å². The second-order valence-electron chi connectivity index (χ2n) is 4.45. The minimum absolute atomic E-state index is 0.0484. The number of benzene rings is 1. The average Bonchev–Trinajstić information content (AvgIpc) is 2.41. The zero-order valence-electron chi connectivity index (χ0n) is 10.7. The Kier molecular flexibility index (Phi) is 4.35. The molecule has 0 spiro atoms. The summed E-state index contributed by atoms with van der Waals surface area (Å²) < 4.78 is 31.9. The molecular formula is C12H17ClN2O3S. The van der Waals surface area contributed by atoms with Crippen molar-refractivity contribution in [3.63, 3.8) is 0 Å². The van der Waals surface area contributed by atoms with Gasteiger partial charge in [0.1, 0.15) is 0 Å². The van der Waals surface area contributed by atoms with Crippen LogP contribution in [0.2, 0.25) is 5.02 Å². The lowest BCUT2D eigenvalue weighted by molar-refractivity contribution is -0.00277. The molecule has 1 fully saturated rings. The predicted octanol–water partition coefficient (Wildman–Crippen LogP) is 1.72. The Hall–Kier alpha value is -0.820. The molecule has 0 saturated carbocycles. The number of nitrogen functional groups attached to an aromatic ring is 1. The Balaban J connectivity index is 2.28. The van der Waals surface area contributed by atoms with E-state index in [1.54, 1.807) is 0 Å². The number of nitrogens with two attached hydrogens (primary N) is 1. The fourth-order valence-electron chi connectivity index (χ4n) is 1.97. The molecule has 0 radical (unpaired) electrons. The van der Waals surface area contributed by atoms with E-state index in [-0.39, 0.29) is 16.0 Å². The first-order chi connectivity index (χ1) is 8.95. The second kappa shape index (κ2) is 5.66. The summed E-state index contributed by atoms with van der Waals surface area (Å²) in [5.41, 5.74) is 5.96. The summed E-state index contributed by atoms with van der Waals surface area (Å²) in [6.07, 6.45) is 0.738. The standard InChI is InChI=1S/C12H17ClN2O3S/c1-2-9-8-15(5-6-18-9)19(16,17)10-3-4-12(14)11(13)7-10/h3-4,7,9H,2,5-6,8,14H2,1H3. The van der Waals surface area contributed by atoms with Crippen LogP contribution in [0.4, 0.5) is 5.69 Å². The molecule has 0 aromatic heterocycles. The smallest absolute Gasteiger partial charge is 0.243 e. The molecule has 1 unspecified atom stereocenters. The van der Waals surface area contributed by atoms with Crippen LogP contribution in [0.5, 0.6) is 0 Å². The van der Waals surface area contributed by atoms with E-state index in [2.05, 4.69) is 0 Å². The zero-order chi connectivity index (χ0) is 14.0. The van der Waals surface area contributed by atoms with Crippen LogP contribution in [0.25, 0.3) is 0 Å². The number of hydrogen-bond acceptors (Lipinski definition) is 4. The molecule has 5 nitrogen and oxygen atoms in total. The number of rotatable bonds is 3. The molecule has 1 aliphatic rings. The molecule has 106 valence electrons. The number of sulfonamides is 1. The first kappa shape index (κ1) is 14.6. The van der Waals surface area contributed by atoms with Crippen molar-refractivity contribution in [2.75, 3.05) is 25.4 Å². The first-order valence-electron chi connectivity index (χ1n) is 6.12. The van der Waals surface area contributed by atoms with Gasteiger partial charge >= 0.3 is 0 Å². The third kappa shape index (κ3) is 3.02. The van der Waals surface area contributed by atoms with Gasteiger partial charge in [0.25, 0.3) is 0 Å². The molecule has 1 atom stereocenters. The molecule has 2 N–H and O–H groups in total. The highest BCUT2D eigenvalue weighted by Crippen LogP contribution is 2.25. The molecule has 0 amide bonds. The number of nitrogens with zero attached hydrogens (tertiary/aromatic N) is 1. The summed E-state index contributed by atoms with van der Waals surface area (Å²) in [7, 11) is -3.53. The van der Waals surface area contributed by atoms with Crippen LogP contribution in [0.1, 0.15) is 13.3 Å². The zero-order valence-corrected chi connectivity index (χ0v) is 12.2. The Bertz CT molecular complexity index is 562. The van der Waals surface area contributed by atoms with E-state index in [0.717, 1.165) is 6.42 Å². The van der Waals surface area contributed by atoms with Gasteiger partial charge in [0.05, 0.1) is 28.3 Å². The third-order valence-electron chi connectivity index (χ3n) is 3.17. The Labute approximate surface area is 118 Å². The molecule has 1 aromatic rings. The predicted molar refractivity (Wildman–Crippen MR) is 74.7 cm³/mol. The summed E-state index contributed by atoms with van der Waals surface area (Å²) in [6, 6.07) is 4.38. The van der Waals surface area contributed by atoms with Gasteiger partial charge in [-0.05, 0) is 24.6 Å². The maximum absolute atomic E-state index is 12.5. The molecule has 19 heavy (non-hydrogen) atoms. The van der Waals surface area contributed by atoms with Gasteiger partial charge in [-0.1, -0.05) is 18.5 Å². The summed E-state index contributed by atoms with van der Waals surface area (Å²) in [6.45, 7) is 3.13. The first-order valence-corrected chi connectivity index (χ1v) is 7.93. The van der Waals surface area contributed by atoms with E-state index in [4.69, 9.17) is 22.1 Å². The average molecular weight is 305 g/mol. The van der Waals surface area contributed by atoms with E-state index < -0.39 is 10.0 Å². The molecule has 0 aliphatic carbocycles. The highest BCUT2D eigenvalue weighted by molar-refractivity contribution is 7.89. The monoisotopic (exact) mass is 304 g/mol. The molecular weight excluding hydrogens is 288 g/mol. The second-order valence-corrected chi connectivity index (χ2v) is 6.79. The molecule has 1 aromatic carbocycles. The summed E-state index contributed by atoms with van der Waals surface area (Å²) in [5, 5.41) is 0.251. The van der Waals surface area contributed by atoms with Crippen molar-refractivity contribution in [1.82, 2.24) is 4.31 Å². The van der Waals surface area contributed by atoms with E-state index in [9.17, 15) is 8.42 Å². The normalized spacial score (nSPS) is 21.5. The van der Waals surface area contributed by atoms with Crippen molar-refractivity contribution in [2.24, 2.45) is 0 Å².